The van der Waals surface area contributed by atoms with Gasteiger partial charge in [-0.3, -0.25) is 19.4 Å². The van der Waals surface area contributed by atoms with Crippen molar-refractivity contribution >= 4 is 35.2 Å². The lowest BCUT2D eigenvalue weighted by atomic mass is 10.0. The Balaban J connectivity index is 1.98. The molecule has 7 N–H and O–H groups in total. The van der Waals surface area contributed by atoms with Gasteiger partial charge >= 0.3 is 0 Å². The van der Waals surface area contributed by atoms with Gasteiger partial charge in [-0.15, -0.1) is 11.6 Å². The number of guanidine groups is 1. The number of carbonyl (C=O) groups is 3. The van der Waals surface area contributed by atoms with Gasteiger partial charge in [0.05, 0.1) is 18.0 Å². The van der Waals surface area contributed by atoms with E-state index >= 15 is 0 Å². The summed E-state index contributed by atoms with van der Waals surface area (Å²) in [6.07, 6.45) is 2.46. The summed E-state index contributed by atoms with van der Waals surface area (Å²) in [5.41, 5.74) is 17.7. The van der Waals surface area contributed by atoms with Crippen LogP contribution in [0.4, 0.5) is 0 Å². The van der Waals surface area contributed by atoms with Gasteiger partial charge in [0.1, 0.15) is 6.04 Å². The van der Waals surface area contributed by atoms with Gasteiger partial charge in [0.2, 0.25) is 11.8 Å². The van der Waals surface area contributed by atoms with E-state index in [2.05, 4.69) is 10.3 Å². The summed E-state index contributed by atoms with van der Waals surface area (Å²) in [6.45, 7) is 0.796. The van der Waals surface area contributed by atoms with E-state index in [0.29, 0.717) is 45.2 Å². The summed E-state index contributed by atoms with van der Waals surface area (Å²) >= 11 is 5.70. The smallest absolute Gasteiger partial charge is 0.243 e. The summed E-state index contributed by atoms with van der Waals surface area (Å²) in [6, 6.07) is 7.34. The van der Waals surface area contributed by atoms with Crippen LogP contribution in [0, 0.1) is 0 Å². The Labute approximate surface area is 187 Å². The number of Topliss-reactive ketones (excluding diaryl/α,β-unsaturated/α-hetero) is 1. The lowest BCUT2D eigenvalue weighted by Crippen LogP contribution is -2.54. The molecule has 1 aliphatic heterocycles. The second-order valence-corrected chi connectivity index (χ2v) is 7.86. The van der Waals surface area contributed by atoms with Crippen molar-refractivity contribution in [3.8, 4) is 0 Å². The van der Waals surface area contributed by atoms with Crippen LogP contribution in [-0.4, -0.2) is 65.6 Å². The van der Waals surface area contributed by atoms with Crippen LogP contribution in [0.3, 0.4) is 0 Å². The number of hydrogen-bond acceptors (Lipinski definition) is 5. The van der Waals surface area contributed by atoms with Gasteiger partial charge in [-0.25, -0.2) is 0 Å². The van der Waals surface area contributed by atoms with Crippen molar-refractivity contribution in [3.05, 3.63) is 35.9 Å². The number of rotatable bonds is 11. The first-order chi connectivity index (χ1) is 14.8. The molecule has 2 amide bonds. The van der Waals surface area contributed by atoms with Crippen molar-refractivity contribution in [2.24, 2.45) is 22.2 Å². The van der Waals surface area contributed by atoms with E-state index in [1.54, 1.807) is 0 Å². The fourth-order valence-electron chi connectivity index (χ4n) is 3.65. The minimum absolute atomic E-state index is 0.0313. The van der Waals surface area contributed by atoms with Crippen LogP contribution in [0.25, 0.3) is 0 Å². The molecule has 1 heterocycles. The Hall–Kier alpha value is -2.65. The van der Waals surface area contributed by atoms with E-state index in [9.17, 15) is 14.4 Å². The average molecular weight is 451 g/mol. The Kier molecular flexibility index (Phi) is 9.74. The van der Waals surface area contributed by atoms with Crippen molar-refractivity contribution in [2.75, 3.05) is 19.0 Å². The highest BCUT2D eigenvalue weighted by atomic mass is 35.5. The molecule has 1 aromatic carbocycles. The summed E-state index contributed by atoms with van der Waals surface area (Å²) in [5.74, 6) is -1.19. The zero-order valence-electron chi connectivity index (χ0n) is 17.5. The molecule has 1 saturated heterocycles. The van der Waals surface area contributed by atoms with Crippen LogP contribution in [0.15, 0.2) is 35.3 Å². The molecular formula is C21H31ClN6O3. The number of benzene rings is 1. The molecule has 9 nitrogen and oxygen atoms in total. The van der Waals surface area contributed by atoms with Crippen LogP contribution in [0.5, 0.6) is 0 Å². The number of nitrogens with two attached hydrogens (primary N) is 3. The zero-order chi connectivity index (χ0) is 22.8. The summed E-state index contributed by atoms with van der Waals surface area (Å²) in [7, 11) is 0. The number of ketones is 1. The summed E-state index contributed by atoms with van der Waals surface area (Å²) < 4.78 is 0. The van der Waals surface area contributed by atoms with Gasteiger partial charge in [0, 0.05) is 13.1 Å². The average Bonchev–Trinajstić information content (AvgIpc) is 3.25. The fraction of sp³-hybridized carbons (Fsp3) is 0.524. The number of carbonyl (C=O) groups excluding carboxylic acids is 3. The van der Waals surface area contributed by atoms with Crippen molar-refractivity contribution in [2.45, 2.75) is 50.2 Å². The number of hydrogen-bond donors (Lipinski definition) is 4. The molecule has 3 atom stereocenters. The molecule has 0 aliphatic carbocycles. The van der Waals surface area contributed by atoms with E-state index < -0.39 is 18.1 Å². The molecule has 2 rings (SSSR count). The molecule has 1 aliphatic rings. The summed E-state index contributed by atoms with van der Waals surface area (Å²) in [4.78, 5) is 43.4. The van der Waals surface area contributed by atoms with E-state index in [1.165, 1.54) is 4.90 Å². The first-order valence-corrected chi connectivity index (χ1v) is 10.9. The largest absolute Gasteiger partial charge is 0.370 e. The number of nitrogens with one attached hydrogen (secondary N) is 1. The third kappa shape index (κ3) is 7.52. The first kappa shape index (κ1) is 24.6. The minimum atomic E-state index is -0.755. The predicted octanol–water partition coefficient (Wildman–Crippen LogP) is -0.106. The zero-order valence-corrected chi connectivity index (χ0v) is 18.3. The molecule has 10 heteroatoms. The molecule has 170 valence electrons. The molecule has 0 aromatic heterocycles. The first-order valence-electron chi connectivity index (χ1n) is 10.4. The number of likely N-dealkylation sites (tertiary alicyclic amines) is 1. The van der Waals surface area contributed by atoms with E-state index in [-0.39, 0.29) is 29.4 Å². The van der Waals surface area contributed by atoms with Crippen LogP contribution in [-0.2, 0) is 20.8 Å². The van der Waals surface area contributed by atoms with E-state index in [1.807, 2.05) is 30.3 Å². The number of alkyl halides is 1. The Morgan fingerprint density at radius 2 is 1.94 bits per heavy atom. The number of nitrogens with zero attached hydrogens (tertiary/aromatic N) is 2. The van der Waals surface area contributed by atoms with Gasteiger partial charge in [-0.2, -0.15) is 0 Å². The van der Waals surface area contributed by atoms with Gasteiger partial charge < -0.3 is 27.4 Å². The third-order valence-electron chi connectivity index (χ3n) is 5.24. The number of amides is 2. The molecule has 1 fully saturated rings. The van der Waals surface area contributed by atoms with Crippen LogP contribution >= 0.6 is 11.6 Å². The van der Waals surface area contributed by atoms with Crippen molar-refractivity contribution in [3.63, 3.8) is 0 Å². The maximum atomic E-state index is 12.9. The topological polar surface area (TPSA) is 157 Å². The Morgan fingerprint density at radius 3 is 2.58 bits per heavy atom. The fourth-order valence-corrected chi connectivity index (χ4v) is 3.84. The second kappa shape index (κ2) is 12.3. The minimum Gasteiger partial charge on any atom is -0.370 e. The van der Waals surface area contributed by atoms with E-state index in [0.717, 1.165) is 5.56 Å². The number of aliphatic imine (C=N–C) groups is 1. The molecule has 0 bridgehead atoms. The molecule has 1 aromatic rings. The standard InChI is InChI=1S/C21H31ClN6O3/c22-13-18(29)16(8-4-10-26-21(24)25)27-19(30)17-9-5-11-28(17)20(31)15(23)12-14-6-2-1-3-7-14/h1-3,6-7,15-17H,4-5,8-13,23H2,(H,27,30)(H4,24,25,26)/t15-,16?,17+/m1/s1. The maximum Gasteiger partial charge on any atom is 0.243 e. The van der Waals surface area contributed by atoms with Gasteiger partial charge in [0.15, 0.2) is 11.7 Å². The highest BCUT2D eigenvalue weighted by molar-refractivity contribution is 6.28. The highest BCUT2D eigenvalue weighted by Gasteiger charge is 2.37. The van der Waals surface area contributed by atoms with Crippen LogP contribution in [0.1, 0.15) is 31.2 Å². The molecule has 1 unspecified atom stereocenters. The monoisotopic (exact) mass is 450 g/mol. The van der Waals surface area contributed by atoms with E-state index in [4.69, 9.17) is 28.8 Å². The van der Waals surface area contributed by atoms with Gasteiger partial charge in [-0.1, -0.05) is 30.3 Å². The SMILES string of the molecule is NC(N)=NCCCC(NC(=O)[C@@H]1CCCN1C(=O)[C@H](N)Cc1ccccc1)C(=O)CCl. The third-order valence-corrected chi connectivity index (χ3v) is 5.50. The van der Waals surface area contributed by atoms with Gasteiger partial charge in [-0.05, 0) is 37.7 Å². The lowest BCUT2D eigenvalue weighted by Gasteiger charge is -2.28. The maximum absolute atomic E-state index is 12.9. The molecule has 0 radical (unpaired) electrons. The van der Waals surface area contributed by atoms with Gasteiger partial charge in [0.25, 0.3) is 0 Å². The van der Waals surface area contributed by atoms with Crippen molar-refractivity contribution in [1.29, 1.82) is 0 Å². The molecule has 0 spiro atoms. The quantitative estimate of drug-likeness (QED) is 0.159. The second-order valence-electron chi connectivity index (χ2n) is 7.60. The molecule has 0 saturated carbocycles. The summed E-state index contributed by atoms with van der Waals surface area (Å²) in [5, 5.41) is 2.75. The van der Waals surface area contributed by atoms with Crippen LogP contribution in [0.2, 0.25) is 0 Å². The lowest BCUT2D eigenvalue weighted by molar-refractivity contribution is -0.140. The predicted molar refractivity (Wildman–Crippen MR) is 120 cm³/mol. The van der Waals surface area contributed by atoms with Crippen LogP contribution < -0.4 is 22.5 Å². The number of halogens is 1. The molecule has 31 heavy (non-hydrogen) atoms. The highest BCUT2D eigenvalue weighted by Crippen LogP contribution is 2.20. The molecular weight excluding hydrogens is 420 g/mol. The van der Waals surface area contributed by atoms with Crippen molar-refractivity contribution in [1.82, 2.24) is 10.2 Å². The normalized spacial score (nSPS) is 17.6. The van der Waals surface area contributed by atoms with Crippen molar-refractivity contribution < 1.29 is 14.4 Å². The Bertz CT molecular complexity index is 785. The Morgan fingerprint density at radius 1 is 1.23 bits per heavy atom.